The summed E-state index contributed by atoms with van der Waals surface area (Å²) in [4.78, 5) is 12.5. The molecule has 0 radical (unpaired) electrons. The molecule has 92 valence electrons. The second-order valence-electron chi connectivity index (χ2n) is 5.19. The number of ketones is 1. The van der Waals surface area contributed by atoms with Crippen LogP contribution in [0.3, 0.4) is 0 Å². The Kier molecular flexibility index (Phi) is 2.45. The minimum absolute atomic E-state index is 0.235. The molecular formula is C13H18N2O2. The van der Waals surface area contributed by atoms with Gasteiger partial charge in [0.15, 0.2) is 11.5 Å². The van der Waals surface area contributed by atoms with E-state index in [9.17, 15) is 4.79 Å². The van der Waals surface area contributed by atoms with Gasteiger partial charge < -0.3 is 4.74 Å². The number of carbonyl (C=O) groups is 1. The van der Waals surface area contributed by atoms with Crippen LogP contribution in [0, 0.1) is 17.8 Å². The Balaban J connectivity index is 1.85. The molecule has 4 heteroatoms. The molecule has 0 aliphatic heterocycles. The molecule has 0 aromatic carbocycles. The predicted octanol–water partition coefficient (Wildman–Crippen LogP) is 2.05. The summed E-state index contributed by atoms with van der Waals surface area (Å²) in [5.41, 5.74) is 0.645. The quantitative estimate of drug-likeness (QED) is 0.752. The van der Waals surface area contributed by atoms with E-state index >= 15 is 0 Å². The fourth-order valence-electron chi connectivity index (χ4n) is 3.39. The number of methoxy groups -OCH3 is 1. The molecule has 0 spiro atoms. The van der Waals surface area contributed by atoms with Gasteiger partial charge in [0, 0.05) is 13.0 Å². The topological polar surface area (TPSA) is 44.1 Å². The average molecular weight is 234 g/mol. The minimum atomic E-state index is 0.235. The molecule has 2 fully saturated rings. The van der Waals surface area contributed by atoms with Gasteiger partial charge in [0.25, 0.3) is 0 Å². The van der Waals surface area contributed by atoms with E-state index in [0.29, 0.717) is 23.3 Å². The van der Waals surface area contributed by atoms with Crippen molar-refractivity contribution in [3.8, 4) is 5.75 Å². The second kappa shape index (κ2) is 3.86. The lowest BCUT2D eigenvalue weighted by Gasteiger charge is -2.04. The van der Waals surface area contributed by atoms with E-state index in [-0.39, 0.29) is 11.7 Å². The zero-order valence-corrected chi connectivity index (χ0v) is 10.3. The number of ether oxygens (including phenoxy) is 1. The standard InChI is InChI=1S/C13H18N2O2/c1-15-12(10(17-2)7-14-15)13(16)11-8-5-3-4-6-9(8)11/h7-9,11H,3-6H2,1-2H3. The molecule has 1 heterocycles. The zero-order chi connectivity index (χ0) is 12.0. The molecule has 2 saturated carbocycles. The molecule has 2 atom stereocenters. The van der Waals surface area contributed by atoms with Crippen LogP contribution >= 0.6 is 0 Å². The highest BCUT2D eigenvalue weighted by Crippen LogP contribution is 2.56. The second-order valence-corrected chi connectivity index (χ2v) is 5.19. The normalized spacial score (nSPS) is 30.8. The zero-order valence-electron chi connectivity index (χ0n) is 10.3. The number of rotatable bonds is 3. The van der Waals surface area contributed by atoms with Crippen molar-refractivity contribution in [2.75, 3.05) is 7.11 Å². The minimum Gasteiger partial charge on any atom is -0.493 e. The van der Waals surface area contributed by atoms with Crippen molar-refractivity contribution >= 4 is 5.78 Å². The lowest BCUT2D eigenvalue weighted by atomic mass is 10.0. The number of fused-ring (bicyclic) bond motifs is 1. The van der Waals surface area contributed by atoms with Gasteiger partial charge >= 0.3 is 0 Å². The molecule has 3 rings (SSSR count). The Bertz CT molecular complexity index is 440. The number of aromatic nitrogens is 2. The van der Waals surface area contributed by atoms with Gasteiger partial charge in [-0.1, -0.05) is 12.8 Å². The molecule has 17 heavy (non-hydrogen) atoms. The summed E-state index contributed by atoms with van der Waals surface area (Å²) in [6.07, 6.45) is 6.64. The Morgan fingerprint density at radius 2 is 2.06 bits per heavy atom. The fourth-order valence-corrected chi connectivity index (χ4v) is 3.39. The van der Waals surface area contributed by atoms with Crippen LogP contribution in [0.4, 0.5) is 0 Å². The third-order valence-electron chi connectivity index (χ3n) is 4.32. The van der Waals surface area contributed by atoms with Gasteiger partial charge in [0.05, 0.1) is 13.3 Å². The number of carbonyl (C=O) groups excluding carboxylic acids is 1. The van der Waals surface area contributed by atoms with Gasteiger partial charge in [0.2, 0.25) is 0 Å². The smallest absolute Gasteiger partial charge is 0.188 e. The van der Waals surface area contributed by atoms with Gasteiger partial charge in [0.1, 0.15) is 5.69 Å². The average Bonchev–Trinajstić information content (AvgIpc) is 2.96. The molecular weight excluding hydrogens is 216 g/mol. The summed E-state index contributed by atoms with van der Waals surface area (Å²) >= 11 is 0. The number of hydrogen-bond donors (Lipinski definition) is 0. The molecule has 4 nitrogen and oxygen atoms in total. The molecule has 0 saturated heterocycles. The Labute approximate surface area is 101 Å². The van der Waals surface area contributed by atoms with E-state index in [1.165, 1.54) is 25.7 Å². The first kappa shape index (κ1) is 10.8. The Morgan fingerprint density at radius 1 is 1.41 bits per heavy atom. The van der Waals surface area contributed by atoms with Crippen LogP contribution in [-0.4, -0.2) is 22.7 Å². The van der Waals surface area contributed by atoms with Crippen molar-refractivity contribution in [1.29, 1.82) is 0 Å². The van der Waals surface area contributed by atoms with Gasteiger partial charge in [-0.3, -0.25) is 9.48 Å². The number of aryl methyl sites for hydroxylation is 1. The molecule has 0 bridgehead atoms. The predicted molar refractivity (Wildman–Crippen MR) is 63.0 cm³/mol. The van der Waals surface area contributed by atoms with Crippen LogP contribution in [0.1, 0.15) is 36.2 Å². The molecule has 0 N–H and O–H groups in total. The van der Waals surface area contributed by atoms with Crippen molar-refractivity contribution in [3.05, 3.63) is 11.9 Å². The van der Waals surface area contributed by atoms with Crippen molar-refractivity contribution in [3.63, 3.8) is 0 Å². The van der Waals surface area contributed by atoms with Crippen molar-refractivity contribution in [2.24, 2.45) is 24.8 Å². The van der Waals surface area contributed by atoms with E-state index in [0.717, 1.165) is 0 Å². The summed E-state index contributed by atoms with van der Waals surface area (Å²) in [7, 11) is 3.40. The van der Waals surface area contributed by atoms with E-state index in [4.69, 9.17) is 4.74 Å². The summed E-state index contributed by atoms with van der Waals surface area (Å²) in [5, 5.41) is 4.11. The van der Waals surface area contributed by atoms with Crippen LogP contribution in [-0.2, 0) is 7.05 Å². The van der Waals surface area contributed by atoms with Crippen molar-refractivity contribution < 1.29 is 9.53 Å². The van der Waals surface area contributed by atoms with Crippen LogP contribution < -0.4 is 4.74 Å². The van der Waals surface area contributed by atoms with E-state index in [1.807, 2.05) is 7.05 Å². The van der Waals surface area contributed by atoms with Gasteiger partial charge in [-0.05, 0) is 24.7 Å². The fraction of sp³-hybridized carbons (Fsp3) is 0.692. The van der Waals surface area contributed by atoms with Gasteiger partial charge in [-0.2, -0.15) is 5.10 Å². The van der Waals surface area contributed by atoms with Crippen LogP contribution in [0.2, 0.25) is 0 Å². The molecule has 2 unspecified atom stereocenters. The van der Waals surface area contributed by atoms with Gasteiger partial charge in [-0.25, -0.2) is 0 Å². The highest BCUT2D eigenvalue weighted by Gasteiger charge is 2.55. The highest BCUT2D eigenvalue weighted by molar-refractivity contribution is 6.00. The van der Waals surface area contributed by atoms with Crippen molar-refractivity contribution in [2.45, 2.75) is 25.7 Å². The third-order valence-corrected chi connectivity index (χ3v) is 4.32. The van der Waals surface area contributed by atoms with E-state index in [1.54, 1.807) is 18.0 Å². The SMILES string of the molecule is COc1cnn(C)c1C(=O)C1C2CCCCC21. The first-order valence-electron chi connectivity index (χ1n) is 6.34. The van der Waals surface area contributed by atoms with Crippen LogP contribution in [0.25, 0.3) is 0 Å². The number of hydrogen-bond acceptors (Lipinski definition) is 3. The highest BCUT2D eigenvalue weighted by atomic mass is 16.5. The first-order valence-corrected chi connectivity index (χ1v) is 6.34. The summed E-state index contributed by atoms with van der Waals surface area (Å²) in [6.45, 7) is 0. The maximum atomic E-state index is 12.5. The van der Waals surface area contributed by atoms with Crippen molar-refractivity contribution in [1.82, 2.24) is 9.78 Å². The maximum Gasteiger partial charge on any atom is 0.188 e. The maximum absolute atomic E-state index is 12.5. The largest absolute Gasteiger partial charge is 0.493 e. The summed E-state index contributed by atoms with van der Waals surface area (Å²) in [6, 6.07) is 0. The van der Waals surface area contributed by atoms with Gasteiger partial charge in [-0.15, -0.1) is 0 Å². The lowest BCUT2D eigenvalue weighted by molar-refractivity contribution is 0.0944. The number of Topliss-reactive ketones (excluding diaryl/α,β-unsaturated/α-hetero) is 1. The molecule has 2 aliphatic carbocycles. The molecule has 1 aromatic heterocycles. The Hall–Kier alpha value is -1.32. The Morgan fingerprint density at radius 3 is 2.65 bits per heavy atom. The molecule has 0 amide bonds. The summed E-state index contributed by atoms with van der Waals surface area (Å²) in [5.74, 6) is 2.36. The summed E-state index contributed by atoms with van der Waals surface area (Å²) < 4.78 is 6.86. The molecule has 2 aliphatic rings. The lowest BCUT2D eigenvalue weighted by Crippen LogP contribution is -2.11. The van der Waals surface area contributed by atoms with E-state index < -0.39 is 0 Å². The monoisotopic (exact) mass is 234 g/mol. The first-order chi connectivity index (χ1) is 8.24. The van der Waals surface area contributed by atoms with E-state index in [2.05, 4.69) is 5.10 Å². The molecule has 1 aromatic rings. The van der Waals surface area contributed by atoms with Crippen LogP contribution in [0.5, 0.6) is 5.75 Å². The van der Waals surface area contributed by atoms with Crippen LogP contribution in [0.15, 0.2) is 6.20 Å². The number of nitrogens with zero attached hydrogens (tertiary/aromatic N) is 2. The third kappa shape index (κ3) is 1.58.